The summed E-state index contributed by atoms with van der Waals surface area (Å²) < 4.78 is 40.7. The number of aryl methyl sites for hydroxylation is 2. The zero-order chi connectivity index (χ0) is 41.2. The van der Waals surface area contributed by atoms with Crippen LogP contribution in [0.25, 0.3) is 0 Å². The molecule has 2 aliphatic carbocycles. The van der Waals surface area contributed by atoms with Gasteiger partial charge in [0.15, 0.2) is 0 Å². The first-order valence-corrected chi connectivity index (χ1v) is 20.8. The van der Waals surface area contributed by atoms with Gasteiger partial charge in [-0.25, -0.2) is 9.18 Å². The quantitative estimate of drug-likeness (QED) is 0.0532. The number of nitrogens with zero attached hydrogens (tertiary/aromatic N) is 2. The predicted octanol–water partition coefficient (Wildman–Crippen LogP) is 9.38. The third-order valence-electron chi connectivity index (χ3n) is 11.7. The number of oxime groups is 1. The van der Waals surface area contributed by atoms with Crippen molar-refractivity contribution in [3.05, 3.63) is 113 Å². The van der Waals surface area contributed by atoms with Crippen molar-refractivity contribution in [2.45, 2.75) is 83.1 Å². The van der Waals surface area contributed by atoms with Crippen LogP contribution in [0.15, 0.2) is 90.1 Å². The number of carbonyl (C=O) groups excluding carboxylic acids is 1. The molecule has 0 radical (unpaired) electrons. The van der Waals surface area contributed by atoms with Gasteiger partial charge in [-0.3, -0.25) is 4.90 Å². The highest BCUT2D eigenvalue weighted by atomic mass is 35.5. The molecule has 6 atom stereocenters. The Morgan fingerprint density at radius 2 is 1.74 bits per heavy atom. The maximum Gasteiger partial charge on any atom is 0.410 e. The molecule has 3 aromatic carbocycles. The molecule has 0 aromatic heterocycles. The van der Waals surface area contributed by atoms with Crippen molar-refractivity contribution < 1.29 is 43.2 Å². The fourth-order valence-corrected chi connectivity index (χ4v) is 9.11. The monoisotopic (exact) mass is 818 g/mol. The summed E-state index contributed by atoms with van der Waals surface area (Å²) in [6, 6.07) is 17.0. The third-order valence-corrected chi connectivity index (χ3v) is 11.9. The number of aliphatic hydroxyl groups excluding tert-OH is 2. The van der Waals surface area contributed by atoms with E-state index in [0.717, 1.165) is 42.4 Å². The molecule has 1 amide bonds. The lowest BCUT2D eigenvalue weighted by atomic mass is 9.55. The first-order chi connectivity index (χ1) is 28.2. The summed E-state index contributed by atoms with van der Waals surface area (Å²) >= 11 is 6.03. The van der Waals surface area contributed by atoms with Crippen molar-refractivity contribution in [2.24, 2.45) is 22.9 Å². The lowest BCUT2D eigenvalue weighted by Crippen LogP contribution is -2.70. The molecular weight excluding hydrogens is 763 g/mol. The molecule has 0 bridgehead atoms. The number of allylic oxidation sites excluding steroid dienone is 1. The molecule has 10 nitrogen and oxygen atoms in total. The van der Waals surface area contributed by atoms with Crippen molar-refractivity contribution in [3.63, 3.8) is 0 Å². The number of aliphatic hydroxyl groups is 2. The Bertz CT molecular complexity index is 1940. The Labute approximate surface area is 346 Å². The van der Waals surface area contributed by atoms with Gasteiger partial charge in [-0.2, -0.15) is 0 Å². The van der Waals surface area contributed by atoms with Crippen molar-refractivity contribution in [3.8, 4) is 17.2 Å². The average molecular weight is 819 g/mol. The van der Waals surface area contributed by atoms with E-state index < -0.39 is 29.7 Å². The Kier molecular flexibility index (Phi) is 14.9. The molecule has 12 heteroatoms. The minimum atomic E-state index is -1.49. The highest BCUT2D eigenvalue weighted by Gasteiger charge is 2.65. The summed E-state index contributed by atoms with van der Waals surface area (Å²) in [7, 11) is 1.50. The molecule has 2 N–H and O–H groups in total. The molecule has 1 fully saturated rings. The molecule has 6 rings (SSSR count). The largest absolute Gasteiger partial charge is 0.459 e. The summed E-state index contributed by atoms with van der Waals surface area (Å²) in [5.74, 6) is -0.512. The zero-order valence-corrected chi connectivity index (χ0v) is 34.5. The Balaban J connectivity index is 1.59. The van der Waals surface area contributed by atoms with Crippen LogP contribution >= 0.6 is 11.6 Å². The lowest BCUT2D eigenvalue weighted by molar-refractivity contribution is -0.256. The summed E-state index contributed by atoms with van der Waals surface area (Å²) in [5.41, 5.74) is 5.44. The van der Waals surface area contributed by atoms with E-state index in [1.807, 2.05) is 30.3 Å². The SMILES string of the molecule is C=CCOC12Oc3ccc(Oc4ccc(C)c(C)c4)cc3C3C(CCCCO)C(CCCCO)C=C(C(=NOC)CC1N(Cc1ccc(F)cc1)C(=O)OCCCl)C32. The van der Waals surface area contributed by atoms with Gasteiger partial charge in [0, 0.05) is 37.7 Å². The van der Waals surface area contributed by atoms with Crippen LogP contribution in [0.1, 0.15) is 73.1 Å². The normalized spacial score (nSPS) is 23.9. The van der Waals surface area contributed by atoms with Crippen molar-refractivity contribution in [1.29, 1.82) is 0 Å². The molecule has 312 valence electrons. The van der Waals surface area contributed by atoms with Crippen molar-refractivity contribution >= 4 is 23.4 Å². The Morgan fingerprint density at radius 1 is 1.02 bits per heavy atom. The van der Waals surface area contributed by atoms with Crippen LogP contribution in [0.2, 0.25) is 0 Å². The maximum atomic E-state index is 14.3. The van der Waals surface area contributed by atoms with Gasteiger partial charge in [0.05, 0.1) is 24.1 Å². The van der Waals surface area contributed by atoms with Gasteiger partial charge in [0.2, 0.25) is 5.79 Å². The zero-order valence-electron chi connectivity index (χ0n) is 33.7. The van der Waals surface area contributed by atoms with Crippen LogP contribution < -0.4 is 9.47 Å². The Hall–Kier alpha value is -4.42. The number of fused-ring (bicyclic) bond motifs is 2. The van der Waals surface area contributed by atoms with E-state index in [0.29, 0.717) is 41.4 Å². The summed E-state index contributed by atoms with van der Waals surface area (Å²) in [6.07, 6.45) is 7.99. The van der Waals surface area contributed by atoms with Crippen LogP contribution in [0.4, 0.5) is 9.18 Å². The fraction of sp³-hybridized carbons (Fsp3) is 0.478. The first kappa shape index (κ1) is 43.2. The van der Waals surface area contributed by atoms with Crippen LogP contribution in [0.5, 0.6) is 17.2 Å². The van der Waals surface area contributed by atoms with Gasteiger partial charge in [0.1, 0.15) is 42.8 Å². The minimum Gasteiger partial charge on any atom is -0.459 e. The molecular formula is C46H56ClFN2O8. The standard InChI is InChI=1S/C46H56ClFN2O8/c1-5-23-56-46-42(50(45(53)55-24-20-47)29-32-13-15-34(48)16-14-32)28-40(49-54-4)38-26-33(10-6-8-21-51)37(11-7-9-22-52)43(44(38)46)39-27-36(18-19-41(39)58-46)57-35-17-12-30(2)31(3)25-35/h5,12-19,25-27,33,37,42-44,51-52H,1,6-11,20-24,28-29H2,2-4H3. The fourth-order valence-electron chi connectivity index (χ4n) is 9.03. The molecule has 1 aliphatic heterocycles. The van der Waals surface area contributed by atoms with Gasteiger partial charge < -0.3 is 34.0 Å². The molecule has 0 spiro atoms. The number of hydrogen-bond acceptors (Lipinski definition) is 9. The number of carbonyl (C=O) groups is 1. The second-order valence-electron chi connectivity index (χ2n) is 15.4. The van der Waals surface area contributed by atoms with E-state index in [1.165, 1.54) is 24.8 Å². The molecule has 3 aromatic rings. The van der Waals surface area contributed by atoms with E-state index >= 15 is 0 Å². The third kappa shape index (κ3) is 9.38. The molecule has 6 unspecified atom stereocenters. The minimum absolute atomic E-state index is 0.0286. The number of amides is 1. The number of rotatable bonds is 19. The van der Waals surface area contributed by atoms with E-state index in [2.05, 4.69) is 37.7 Å². The van der Waals surface area contributed by atoms with Crippen LogP contribution in [0.3, 0.4) is 0 Å². The molecule has 1 heterocycles. The van der Waals surface area contributed by atoms with Crippen LogP contribution in [-0.2, 0) is 20.9 Å². The first-order valence-electron chi connectivity index (χ1n) is 20.3. The second kappa shape index (κ2) is 20.0. The van der Waals surface area contributed by atoms with Gasteiger partial charge in [0.25, 0.3) is 0 Å². The summed E-state index contributed by atoms with van der Waals surface area (Å²) in [6.45, 7) is 8.40. The van der Waals surface area contributed by atoms with Gasteiger partial charge in [-0.15, -0.1) is 18.2 Å². The topological polar surface area (TPSA) is 119 Å². The smallest absolute Gasteiger partial charge is 0.410 e. The second-order valence-corrected chi connectivity index (χ2v) is 15.7. The van der Waals surface area contributed by atoms with E-state index in [4.69, 9.17) is 35.4 Å². The highest BCUT2D eigenvalue weighted by Crippen LogP contribution is 2.62. The van der Waals surface area contributed by atoms with Crippen LogP contribution in [-0.4, -0.2) is 78.2 Å². The van der Waals surface area contributed by atoms with Gasteiger partial charge in [-0.1, -0.05) is 48.3 Å². The van der Waals surface area contributed by atoms with Gasteiger partial charge >= 0.3 is 6.09 Å². The maximum absolute atomic E-state index is 14.3. The average Bonchev–Trinajstić information content (AvgIpc) is 3.22. The number of ether oxygens (including phenoxy) is 4. The number of benzene rings is 3. The predicted molar refractivity (Wildman–Crippen MR) is 222 cm³/mol. The highest BCUT2D eigenvalue weighted by molar-refractivity contribution is 6.18. The number of hydrogen-bond donors (Lipinski definition) is 2. The van der Waals surface area contributed by atoms with Gasteiger partial charge in [-0.05, 0) is 116 Å². The number of alkyl halides is 1. The number of unbranched alkanes of at least 4 members (excludes halogenated alkanes) is 2. The summed E-state index contributed by atoms with van der Waals surface area (Å²) in [4.78, 5) is 21.4. The molecule has 3 aliphatic rings. The summed E-state index contributed by atoms with van der Waals surface area (Å²) in [5, 5.41) is 24.4. The van der Waals surface area contributed by atoms with E-state index in [9.17, 15) is 19.4 Å². The molecule has 1 saturated carbocycles. The van der Waals surface area contributed by atoms with Crippen LogP contribution in [0, 0.1) is 37.4 Å². The molecule has 0 saturated heterocycles. The lowest BCUT2D eigenvalue weighted by Gasteiger charge is -2.59. The Morgan fingerprint density at radius 3 is 2.43 bits per heavy atom. The van der Waals surface area contributed by atoms with E-state index in [1.54, 1.807) is 23.1 Å². The molecule has 58 heavy (non-hydrogen) atoms. The van der Waals surface area contributed by atoms with Crippen molar-refractivity contribution in [1.82, 2.24) is 4.90 Å². The van der Waals surface area contributed by atoms with E-state index in [-0.39, 0.29) is 63.0 Å². The van der Waals surface area contributed by atoms with Crippen molar-refractivity contribution in [2.75, 3.05) is 39.4 Å². The number of halogens is 2.